The molecule has 2 aliphatic rings. The summed E-state index contributed by atoms with van der Waals surface area (Å²) in [5.41, 5.74) is 2.42. The number of aromatic nitrogens is 2. The normalized spacial score (nSPS) is 18.4. The number of piperazine rings is 1. The first-order valence-electron chi connectivity index (χ1n) is 11.6. The van der Waals surface area contributed by atoms with Gasteiger partial charge in [0.2, 0.25) is 0 Å². The number of amides is 2. The number of hydrogen-bond donors (Lipinski definition) is 2. The van der Waals surface area contributed by atoms with E-state index in [2.05, 4.69) is 30.0 Å². The SMILES string of the molecule is CN(C)CCn1cnc2cc(NC(=O)C(=O)N3CCN(CC4CCNCC4)CC3)ccc21. The highest BCUT2D eigenvalue weighted by Crippen LogP contribution is 2.19. The molecule has 2 fully saturated rings. The molecule has 2 N–H and O–H groups in total. The highest BCUT2D eigenvalue weighted by molar-refractivity contribution is 6.39. The van der Waals surface area contributed by atoms with Gasteiger partial charge < -0.3 is 25.0 Å². The molecular weight excluding hydrogens is 406 g/mol. The Balaban J connectivity index is 1.28. The fourth-order valence-electron chi connectivity index (χ4n) is 4.52. The van der Waals surface area contributed by atoms with E-state index in [0.717, 1.165) is 62.8 Å². The second-order valence-corrected chi connectivity index (χ2v) is 9.19. The van der Waals surface area contributed by atoms with Crippen molar-refractivity contribution in [2.75, 3.05) is 71.8 Å². The van der Waals surface area contributed by atoms with E-state index < -0.39 is 11.8 Å². The molecular formula is C23H35N7O2. The van der Waals surface area contributed by atoms with Crippen LogP contribution in [0.15, 0.2) is 24.5 Å². The number of rotatable bonds is 6. The van der Waals surface area contributed by atoms with Gasteiger partial charge in [-0.25, -0.2) is 4.98 Å². The molecule has 2 amide bonds. The van der Waals surface area contributed by atoms with Crippen molar-refractivity contribution in [3.63, 3.8) is 0 Å². The van der Waals surface area contributed by atoms with Crippen LogP contribution in [-0.4, -0.2) is 103 Å². The molecule has 3 heterocycles. The first-order valence-corrected chi connectivity index (χ1v) is 11.6. The predicted octanol–water partition coefficient (Wildman–Crippen LogP) is 0.680. The van der Waals surface area contributed by atoms with Gasteiger partial charge in [-0.05, 0) is 64.1 Å². The number of nitrogens with one attached hydrogen (secondary N) is 2. The standard InChI is InChI=1S/C23H35N7O2/c1-27(2)9-12-30-17-25-20-15-19(3-4-21(20)30)26-22(31)23(32)29-13-10-28(11-14-29)16-18-5-7-24-8-6-18/h3-4,15,17-18,24H,5-14,16H2,1-2H3,(H,26,31). The van der Waals surface area contributed by atoms with Crippen molar-refractivity contribution in [3.8, 4) is 0 Å². The largest absolute Gasteiger partial charge is 0.332 e. The number of carbonyl (C=O) groups is 2. The summed E-state index contributed by atoms with van der Waals surface area (Å²) in [6.45, 7) is 7.94. The number of nitrogens with zero attached hydrogens (tertiary/aromatic N) is 5. The number of piperidine rings is 1. The fraction of sp³-hybridized carbons (Fsp3) is 0.609. The second kappa shape index (κ2) is 10.4. The van der Waals surface area contributed by atoms with Gasteiger partial charge in [-0.3, -0.25) is 14.5 Å². The highest BCUT2D eigenvalue weighted by atomic mass is 16.2. The first kappa shape index (κ1) is 22.7. The maximum absolute atomic E-state index is 12.7. The van der Waals surface area contributed by atoms with Gasteiger partial charge in [0.25, 0.3) is 0 Å². The maximum atomic E-state index is 12.7. The third-order valence-corrected chi connectivity index (χ3v) is 6.50. The van der Waals surface area contributed by atoms with E-state index in [9.17, 15) is 9.59 Å². The van der Waals surface area contributed by atoms with Crippen molar-refractivity contribution in [3.05, 3.63) is 24.5 Å². The number of fused-ring (bicyclic) bond motifs is 1. The molecule has 0 unspecified atom stereocenters. The molecule has 2 aliphatic heterocycles. The molecule has 0 spiro atoms. The zero-order valence-electron chi connectivity index (χ0n) is 19.2. The van der Waals surface area contributed by atoms with E-state index in [1.165, 1.54) is 12.8 Å². The van der Waals surface area contributed by atoms with Crippen molar-refractivity contribution in [2.45, 2.75) is 19.4 Å². The van der Waals surface area contributed by atoms with Crippen LogP contribution in [0.3, 0.4) is 0 Å². The Morgan fingerprint density at radius 2 is 1.91 bits per heavy atom. The summed E-state index contributed by atoms with van der Waals surface area (Å²) in [6.07, 6.45) is 4.26. The summed E-state index contributed by atoms with van der Waals surface area (Å²) in [5, 5.41) is 6.16. The lowest BCUT2D eigenvalue weighted by molar-refractivity contribution is -0.144. The van der Waals surface area contributed by atoms with Crippen molar-refractivity contribution >= 4 is 28.5 Å². The first-order chi connectivity index (χ1) is 15.5. The number of hydrogen-bond acceptors (Lipinski definition) is 6. The fourth-order valence-corrected chi connectivity index (χ4v) is 4.52. The molecule has 174 valence electrons. The minimum atomic E-state index is -0.580. The third-order valence-electron chi connectivity index (χ3n) is 6.50. The molecule has 32 heavy (non-hydrogen) atoms. The van der Waals surface area contributed by atoms with Crippen LogP contribution in [0.5, 0.6) is 0 Å². The monoisotopic (exact) mass is 441 g/mol. The number of carbonyl (C=O) groups excluding carboxylic acids is 2. The highest BCUT2D eigenvalue weighted by Gasteiger charge is 2.27. The Hall–Kier alpha value is -2.49. The van der Waals surface area contributed by atoms with Crippen LogP contribution in [0.2, 0.25) is 0 Å². The van der Waals surface area contributed by atoms with E-state index in [0.29, 0.717) is 18.8 Å². The molecule has 2 saturated heterocycles. The van der Waals surface area contributed by atoms with Gasteiger partial charge in [-0.1, -0.05) is 0 Å². The predicted molar refractivity (Wildman–Crippen MR) is 126 cm³/mol. The number of anilines is 1. The Morgan fingerprint density at radius 3 is 2.62 bits per heavy atom. The van der Waals surface area contributed by atoms with E-state index in [1.54, 1.807) is 4.90 Å². The number of imidazole rings is 1. The molecule has 0 bridgehead atoms. The number of benzene rings is 1. The van der Waals surface area contributed by atoms with Crippen molar-refractivity contribution in [1.82, 2.24) is 29.6 Å². The summed E-state index contributed by atoms with van der Waals surface area (Å²) in [6, 6.07) is 5.60. The molecule has 0 saturated carbocycles. The Kier molecular flexibility index (Phi) is 7.39. The van der Waals surface area contributed by atoms with Crippen LogP contribution >= 0.6 is 0 Å². The van der Waals surface area contributed by atoms with Gasteiger partial charge >= 0.3 is 11.8 Å². The van der Waals surface area contributed by atoms with Crippen molar-refractivity contribution in [2.24, 2.45) is 5.92 Å². The maximum Gasteiger partial charge on any atom is 0.313 e. The van der Waals surface area contributed by atoms with Crippen LogP contribution in [0.1, 0.15) is 12.8 Å². The molecule has 2 aromatic rings. The topological polar surface area (TPSA) is 85.7 Å². The smallest absolute Gasteiger partial charge is 0.313 e. The van der Waals surface area contributed by atoms with Crippen LogP contribution in [0, 0.1) is 5.92 Å². The molecule has 9 heteroatoms. The van der Waals surface area contributed by atoms with Gasteiger partial charge in [-0.2, -0.15) is 0 Å². The molecule has 1 aromatic heterocycles. The van der Waals surface area contributed by atoms with Crippen LogP contribution in [-0.2, 0) is 16.1 Å². The molecule has 0 aliphatic carbocycles. The van der Waals surface area contributed by atoms with E-state index in [1.807, 2.05) is 38.6 Å². The minimum Gasteiger partial charge on any atom is -0.332 e. The number of likely N-dealkylation sites (N-methyl/N-ethyl adjacent to an activating group) is 1. The quantitative estimate of drug-likeness (QED) is 0.642. The lowest BCUT2D eigenvalue weighted by Crippen LogP contribution is -2.52. The molecule has 4 rings (SSSR count). The van der Waals surface area contributed by atoms with Crippen molar-refractivity contribution < 1.29 is 9.59 Å². The van der Waals surface area contributed by atoms with E-state index in [-0.39, 0.29) is 0 Å². The molecule has 0 radical (unpaired) electrons. The zero-order valence-corrected chi connectivity index (χ0v) is 19.2. The lowest BCUT2D eigenvalue weighted by Gasteiger charge is -2.37. The van der Waals surface area contributed by atoms with Gasteiger partial charge in [0.05, 0.1) is 17.4 Å². The zero-order chi connectivity index (χ0) is 22.5. The average molecular weight is 442 g/mol. The molecule has 0 atom stereocenters. The Bertz CT molecular complexity index is 928. The van der Waals surface area contributed by atoms with Gasteiger partial charge in [0.15, 0.2) is 0 Å². The third kappa shape index (κ3) is 5.65. The van der Waals surface area contributed by atoms with Crippen LogP contribution in [0.25, 0.3) is 11.0 Å². The van der Waals surface area contributed by atoms with Crippen LogP contribution < -0.4 is 10.6 Å². The van der Waals surface area contributed by atoms with Crippen LogP contribution in [0.4, 0.5) is 5.69 Å². The average Bonchev–Trinajstić information content (AvgIpc) is 3.20. The minimum absolute atomic E-state index is 0.455. The van der Waals surface area contributed by atoms with E-state index in [4.69, 9.17) is 0 Å². The summed E-state index contributed by atoms with van der Waals surface area (Å²) < 4.78 is 2.09. The molecule has 1 aromatic carbocycles. The van der Waals surface area contributed by atoms with Crippen molar-refractivity contribution in [1.29, 1.82) is 0 Å². The van der Waals surface area contributed by atoms with Gasteiger partial charge in [-0.15, -0.1) is 0 Å². The molecule has 9 nitrogen and oxygen atoms in total. The van der Waals surface area contributed by atoms with E-state index >= 15 is 0 Å². The van der Waals surface area contributed by atoms with Gasteiger partial charge in [0.1, 0.15) is 0 Å². The van der Waals surface area contributed by atoms with Gasteiger partial charge in [0, 0.05) is 51.5 Å². The summed E-state index contributed by atoms with van der Waals surface area (Å²) in [5.74, 6) is -0.297. The second-order valence-electron chi connectivity index (χ2n) is 9.19. The summed E-state index contributed by atoms with van der Waals surface area (Å²) in [4.78, 5) is 35.9. The summed E-state index contributed by atoms with van der Waals surface area (Å²) >= 11 is 0. The lowest BCUT2D eigenvalue weighted by atomic mass is 9.97. The Morgan fingerprint density at radius 1 is 1.16 bits per heavy atom. The Labute approximate surface area is 189 Å². The summed E-state index contributed by atoms with van der Waals surface area (Å²) in [7, 11) is 4.08.